The Morgan fingerprint density at radius 2 is 1.75 bits per heavy atom. The van der Waals surface area contributed by atoms with Crippen molar-refractivity contribution in [2.75, 3.05) is 0 Å². The van der Waals surface area contributed by atoms with E-state index in [1.54, 1.807) is 0 Å². The van der Waals surface area contributed by atoms with Crippen LogP contribution in [0.15, 0.2) is 24.3 Å². The van der Waals surface area contributed by atoms with Gasteiger partial charge >= 0.3 is 5.97 Å². The van der Waals surface area contributed by atoms with Crippen LogP contribution in [0.1, 0.15) is 75.3 Å². The number of hydrogen-bond donors (Lipinski definition) is 1. The second kappa shape index (κ2) is 6.92. The molecule has 1 N–H and O–H groups in total. The smallest absolute Gasteiger partial charge is 0.310 e. The van der Waals surface area contributed by atoms with Crippen molar-refractivity contribution in [1.29, 1.82) is 0 Å². The highest BCUT2D eigenvalue weighted by molar-refractivity contribution is 5.76. The fraction of sp³-hybridized carbons (Fsp3) is 0.611. The Kier molecular flexibility index (Phi) is 5.22. The van der Waals surface area contributed by atoms with E-state index in [1.165, 1.54) is 37.7 Å². The van der Waals surface area contributed by atoms with Crippen LogP contribution in [0.3, 0.4) is 0 Å². The summed E-state index contributed by atoms with van der Waals surface area (Å²) in [4.78, 5) is 11.4. The highest BCUT2D eigenvalue weighted by atomic mass is 16.4. The lowest BCUT2D eigenvalue weighted by Gasteiger charge is -2.22. The molecule has 0 spiro atoms. The minimum Gasteiger partial charge on any atom is -0.481 e. The van der Waals surface area contributed by atoms with E-state index in [0.717, 1.165) is 5.56 Å². The van der Waals surface area contributed by atoms with Gasteiger partial charge in [0.2, 0.25) is 0 Å². The predicted molar refractivity (Wildman–Crippen MR) is 82.1 cm³/mol. The molecule has 20 heavy (non-hydrogen) atoms. The Bertz CT molecular complexity index is 427. The topological polar surface area (TPSA) is 37.3 Å². The Morgan fingerprint density at radius 3 is 2.25 bits per heavy atom. The normalized spacial score (nSPS) is 18.1. The summed E-state index contributed by atoms with van der Waals surface area (Å²) in [5.74, 6) is 0.0137. The summed E-state index contributed by atoms with van der Waals surface area (Å²) >= 11 is 0. The third kappa shape index (κ3) is 3.84. The van der Waals surface area contributed by atoms with Gasteiger partial charge in [-0.2, -0.15) is 0 Å². The van der Waals surface area contributed by atoms with Gasteiger partial charge in [-0.15, -0.1) is 0 Å². The summed E-state index contributed by atoms with van der Waals surface area (Å²) in [6.07, 6.45) is 7.30. The summed E-state index contributed by atoms with van der Waals surface area (Å²) < 4.78 is 0. The minimum absolute atomic E-state index is 0.365. The first-order valence-corrected chi connectivity index (χ1v) is 7.90. The number of hydrogen-bond acceptors (Lipinski definition) is 1. The first kappa shape index (κ1) is 15.1. The highest BCUT2D eigenvalue weighted by Gasteiger charge is 2.22. The van der Waals surface area contributed by atoms with E-state index in [-0.39, 0.29) is 5.92 Å². The third-order valence-electron chi connectivity index (χ3n) is 4.42. The van der Waals surface area contributed by atoms with Crippen molar-refractivity contribution in [2.24, 2.45) is 5.92 Å². The van der Waals surface area contributed by atoms with Crippen molar-refractivity contribution in [3.8, 4) is 0 Å². The van der Waals surface area contributed by atoms with E-state index in [1.807, 2.05) is 12.1 Å². The Hall–Kier alpha value is -1.31. The van der Waals surface area contributed by atoms with E-state index in [4.69, 9.17) is 0 Å². The standard InChI is InChI=1S/C18H26O2/c1-13(2)12-17(18(19)20)16-10-8-15(9-11-16)14-6-4-3-5-7-14/h8-11,13-14,17H,3-7,12H2,1-2H3,(H,19,20). The second-order valence-corrected chi connectivity index (χ2v) is 6.52. The van der Waals surface area contributed by atoms with Crippen LogP contribution in [0.2, 0.25) is 0 Å². The SMILES string of the molecule is CC(C)CC(C(=O)O)c1ccc(C2CCCCC2)cc1. The van der Waals surface area contributed by atoms with Crippen molar-refractivity contribution in [2.45, 2.75) is 64.2 Å². The largest absolute Gasteiger partial charge is 0.481 e. The Morgan fingerprint density at radius 1 is 1.15 bits per heavy atom. The van der Waals surface area contributed by atoms with Crippen molar-refractivity contribution in [1.82, 2.24) is 0 Å². The highest BCUT2D eigenvalue weighted by Crippen LogP contribution is 2.33. The molecule has 1 unspecified atom stereocenters. The van der Waals surface area contributed by atoms with E-state index >= 15 is 0 Å². The fourth-order valence-corrected chi connectivity index (χ4v) is 3.29. The molecule has 1 aromatic carbocycles. The van der Waals surface area contributed by atoms with Crippen LogP contribution in [0.5, 0.6) is 0 Å². The quantitative estimate of drug-likeness (QED) is 0.825. The van der Waals surface area contributed by atoms with Crippen molar-refractivity contribution >= 4 is 5.97 Å². The lowest BCUT2D eigenvalue weighted by molar-refractivity contribution is -0.139. The molecule has 2 nitrogen and oxygen atoms in total. The average molecular weight is 274 g/mol. The fourth-order valence-electron chi connectivity index (χ4n) is 3.29. The summed E-state index contributed by atoms with van der Waals surface area (Å²) in [5.41, 5.74) is 2.34. The van der Waals surface area contributed by atoms with Gasteiger partial charge in [0.1, 0.15) is 0 Å². The lowest BCUT2D eigenvalue weighted by atomic mass is 9.83. The molecule has 0 heterocycles. The first-order valence-electron chi connectivity index (χ1n) is 7.90. The van der Waals surface area contributed by atoms with E-state index in [9.17, 15) is 9.90 Å². The van der Waals surface area contributed by atoms with Gasteiger partial charge in [0.15, 0.2) is 0 Å². The Labute approximate surface area is 122 Å². The average Bonchev–Trinajstić information content (AvgIpc) is 2.45. The second-order valence-electron chi connectivity index (χ2n) is 6.52. The van der Waals surface area contributed by atoms with Crippen LogP contribution in [0.25, 0.3) is 0 Å². The molecule has 2 rings (SSSR count). The maximum absolute atomic E-state index is 11.4. The number of carboxylic acids is 1. The number of aliphatic carboxylic acids is 1. The van der Waals surface area contributed by atoms with Gasteiger partial charge in [-0.1, -0.05) is 57.4 Å². The van der Waals surface area contributed by atoms with Gasteiger partial charge in [-0.3, -0.25) is 4.79 Å². The molecule has 1 aliphatic rings. The Balaban J connectivity index is 2.11. The molecule has 0 bridgehead atoms. The monoisotopic (exact) mass is 274 g/mol. The first-order chi connectivity index (χ1) is 9.58. The van der Waals surface area contributed by atoms with Gasteiger partial charge in [0.25, 0.3) is 0 Å². The number of carbonyl (C=O) groups is 1. The minimum atomic E-state index is -0.705. The molecule has 1 atom stereocenters. The van der Waals surface area contributed by atoms with Gasteiger partial charge < -0.3 is 5.11 Å². The number of rotatable bonds is 5. The zero-order valence-electron chi connectivity index (χ0n) is 12.6. The molecule has 1 aliphatic carbocycles. The molecular weight excluding hydrogens is 248 g/mol. The van der Waals surface area contributed by atoms with Crippen LogP contribution >= 0.6 is 0 Å². The van der Waals surface area contributed by atoms with Crippen LogP contribution < -0.4 is 0 Å². The molecule has 110 valence electrons. The van der Waals surface area contributed by atoms with Crippen molar-refractivity contribution in [3.63, 3.8) is 0 Å². The number of benzene rings is 1. The molecule has 2 heteroatoms. The van der Waals surface area contributed by atoms with Crippen LogP contribution in [-0.4, -0.2) is 11.1 Å². The molecule has 0 radical (unpaired) electrons. The lowest BCUT2D eigenvalue weighted by Crippen LogP contribution is -2.14. The predicted octanol–water partition coefficient (Wildman–Crippen LogP) is 4.95. The molecule has 0 amide bonds. The summed E-state index contributed by atoms with van der Waals surface area (Å²) in [6, 6.07) is 8.37. The third-order valence-corrected chi connectivity index (χ3v) is 4.42. The van der Waals surface area contributed by atoms with Gasteiger partial charge in [0.05, 0.1) is 5.92 Å². The molecule has 1 saturated carbocycles. The van der Waals surface area contributed by atoms with E-state index in [2.05, 4.69) is 26.0 Å². The maximum Gasteiger partial charge on any atom is 0.310 e. The zero-order chi connectivity index (χ0) is 14.5. The molecule has 0 aliphatic heterocycles. The van der Waals surface area contributed by atoms with Crippen LogP contribution in [-0.2, 0) is 4.79 Å². The molecule has 1 fully saturated rings. The summed E-state index contributed by atoms with van der Waals surface area (Å²) in [5, 5.41) is 9.39. The van der Waals surface area contributed by atoms with E-state index < -0.39 is 5.97 Å². The summed E-state index contributed by atoms with van der Waals surface area (Å²) in [7, 11) is 0. The van der Waals surface area contributed by atoms with Gasteiger partial charge in [-0.25, -0.2) is 0 Å². The molecule has 0 saturated heterocycles. The summed E-state index contributed by atoms with van der Waals surface area (Å²) in [6.45, 7) is 4.15. The maximum atomic E-state index is 11.4. The van der Waals surface area contributed by atoms with Gasteiger partial charge in [0, 0.05) is 0 Å². The van der Waals surface area contributed by atoms with Crippen LogP contribution in [0, 0.1) is 5.92 Å². The van der Waals surface area contributed by atoms with E-state index in [0.29, 0.717) is 18.3 Å². The molecule has 1 aromatic rings. The number of carboxylic acid groups (broad SMARTS) is 1. The van der Waals surface area contributed by atoms with Crippen molar-refractivity contribution in [3.05, 3.63) is 35.4 Å². The van der Waals surface area contributed by atoms with Crippen LogP contribution in [0.4, 0.5) is 0 Å². The van der Waals surface area contributed by atoms with Crippen molar-refractivity contribution < 1.29 is 9.90 Å². The zero-order valence-corrected chi connectivity index (χ0v) is 12.6. The molecular formula is C18H26O2. The van der Waals surface area contributed by atoms with Gasteiger partial charge in [-0.05, 0) is 42.2 Å². The molecule has 0 aromatic heterocycles.